The van der Waals surface area contributed by atoms with E-state index < -0.39 is 53.6 Å². The molecular formula is C29H26O12. The number of hydrogen-bond donors (Lipinski definition) is 5. The maximum absolute atomic E-state index is 13.0. The molecule has 2 heterocycles. The van der Waals surface area contributed by atoms with E-state index in [0.717, 1.165) is 6.07 Å². The van der Waals surface area contributed by atoms with Gasteiger partial charge in [-0.1, -0.05) is 12.1 Å². The highest BCUT2D eigenvalue weighted by Crippen LogP contribution is 2.37. The second kappa shape index (κ2) is 11.0. The van der Waals surface area contributed by atoms with Gasteiger partial charge < -0.3 is 48.9 Å². The zero-order valence-corrected chi connectivity index (χ0v) is 21.8. The molecular weight excluding hydrogens is 540 g/mol. The first-order valence-electron chi connectivity index (χ1n) is 12.4. The fourth-order valence-corrected chi connectivity index (χ4v) is 4.50. The minimum Gasteiger partial charge on any atom is -0.508 e. The molecule has 3 aromatic carbocycles. The Kier molecular flexibility index (Phi) is 7.45. The van der Waals surface area contributed by atoms with E-state index in [4.69, 9.17) is 23.4 Å². The van der Waals surface area contributed by atoms with E-state index in [1.165, 1.54) is 50.4 Å². The molecule has 214 valence electrons. The van der Waals surface area contributed by atoms with Crippen molar-refractivity contribution < 1.29 is 53.7 Å². The average Bonchev–Trinajstić information content (AvgIpc) is 2.96. The van der Waals surface area contributed by atoms with Crippen molar-refractivity contribution in [3.05, 3.63) is 76.5 Å². The van der Waals surface area contributed by atoms with Gasteiger partial charge >= 0.3 is 5.97 Å². The molecule has 0 spiro atoms. The molecule has 12 nitrogen and oxygen atoms in total. The van der Waals surface area contributed by atoms with Crippen molar-refractivity contribution in [1.82, 2.24) is 0 Å². The highest BCUT2D eigenvalue weighted by atomic mass is 16.7. The Hall–Kier alpha value is -4.78. The predicted octanol–water partition coefficient (Wildman–Crippen LogP) is 2.66. The molecule has 5 N–H and O–H groups in total. The van der Waals surface area contributed by atoms with Gasteiger partial charge in [0.2, 0.25) is 17.5 Å². The van der Waals surface area contributed by atoms with Gasteiger partial charge in [0.15, 0.2) is 11.9 Å². The van der Waals surface area contributed by atoms with Crippen LogP contribution in [0.15, 0.2) is 69.9 Å². The van der Waals surface area contributed by atoms with Gasteiger partial charge in [-0.3, -0.25) is 4.79 Å². The number of phenols is 2. The molecule has 5 unspecified atom stereocenters. The molecule has 0 radical (unpaired) electrons. The molecule has 1 aromatic heterocycles. The highest BCUT2D eigenvalue weighted by Gasteiger charge is 2.47. The minimum absolute atomic E-state index is 0.0420. The van der Waals surface area contributed by atoms with E-state index in [0.29, 0.717) is 0 Å². The maximum Gasteiger partial charge on any atom is 0.342 e. The summed E-state index contributed by atoms with van der Waals surface area (Å²) in [7, 11) is 1.37. The summed E-state index contributed by atoms with van der Waals surface area (Å²) in [5, 5.41) is 51.5. The number of hydrogen-bond acceptors (Lipinski definition) is 12. The number of phenolic OH excluding ortho intramolecular Hbond substituents is 2. The Morgan fingerprint density at radius 1 is 0.951 bits per heavy atom. The normalized spacial score (nSPS) is 22.3. The molecule has 1 fully saturated rings. The summed E-state index contributed by atoms with van der Waals surface area (Å²) in [5.74, 6) is -2.38. The topological polar surface area (TPSA) is 185 Å². The van der Waals surface area contributed by atoms with Crippen LogP contribution in [-0.4, -0.2) is 69.3 Å². The van der Waals surface area contributed by atoms with Crippen molar-refractivity contribution in [2.24, 2.45) is 0 Å². The molecule has 0 amide bonds. The Bertz CT molecular complexity index is 1640. The summed E-state index contributed by atoms with van der Waals surface area (Å²) in [6.07, 6.45) is -6.99. The van der Waals surface area contributed by atoms with Crippen molar-refractivity contribution in [2.75, 3.05) is 7.11 Å². The number of benzene rings is 3. The lowest BCUT2D eigenvalue weighted by Gasteiger charge is -2.40. The van der Waals surface area contributed by atoms with Crippen LogP contribution in [0.2, 0.25) is 0 Å². The number of esters is 1. The summed E-state index contributed by atoms with van der Waals surface area (Å²) in [4.78, 5) is 25.9. The molecule has 1 aliphatic rings. The third kappa shape index (κ3) is 5.23. The van der Waals surface area contributed by atoms with E-state index in [1.807, 2.05) is 0 Å². The molecule has 0 aliphatic carbocycles. The van der Waals surface area contributed by atoms with E-state index >= 15 is 0 Å². The van der Waals surface area contributed by atoms with Crippen LogP contribution in [0.1, 0.15) is 17.3 Å². The van der Waals surface area contributed by atoms with Crippen LogP contribution in [-0.2, 0) is 9.47 Å². The third-order valence-electron chi connectivity index (χ3n) is 6.66. The largest absolute Gasteiger partial charge is 0.508 e. The van der Waals surface area contributed by atoms with Gasteiger partial charge in [0.25, 0.3) is 0 Å². The number of para-hydroxylation sites is 1. The molecule has 1 aliphatic heterocycles. The SMILES string of the molecule is COc1ccccc1C(=O)OC1C(Oc2cc(O)c3c(=O)c(O)c(-c4ccc(O)cc4)oc3c2)OC(C)C(O)C1O. The van der Waals surface area contributed by atoms with Crippen LogP contribution in [0.3, 0.4) is 0 Å². The summed E-state index contributed by atoms with van der Waals surface area (Å²) in [5.41, 5.74) is -0.753. The number of ether oxygens (including phenoxy) is 4. The van der Waals surface area contributed by atoms with Crippen molar-refractivity contribution in [1.29, 1.82) is 0 Å². The summed E-state index contributed by atoms with van der Waals surface area (Å²) in [6.45, 7) is 1.48. The second-order valence-corrected chi connectivity index (χ2v) is 9.35. The van der Waals surface area contributed by atoms with E-state index in [1.54, 1.807) is 18.2 Å². The maximum atomic E-state index is 13.0. The molecule has 41 heavy (non-hydrogen) atoms. The first-order chi connectivity index (χ1) is 19.6. The van der Waals surface area contributed by atoms with Crippen LogP contribution in [0.5, 0.6) is 28.7 Å². The highest BCUT2D eigenvalue weighted by molar-refractivity contribution is 5.92. The molecule has 0 bridgehead atoms. The Balaban J connectivity index is 1.50. The Morgan fingerprint density at radius 3 is 2.37 bits per heavy atom. The van der Waals surface area contributed by atoms with Crippen LogP contribution in [0, 0.1) is 0 Å². The van der Waals surface area contributed by atoms with Crippen LogP contribution >= 0.6 is 0 Å². The quantitative estimate of drug-likeness (QED) is 0.215. The van der Waals surface area contributed by atoms with Gasteiger partial charge in [-0.2, -0.15) is 0 Å². The fraction of sp³-hybridized carbons (Fsp3) is 0.241. The standard InChI is InChI=1S/C29H26O12/c1-13-22(32)24(34)27(41-28(36)17-5-3-4-6-19(17)37-2)29(38-13)39-16-11-18(31)21-20(12-16)40-26(25(35)23(21)33)14-7-9-15(30)10-8-14/h3-13,22,24,27,29-32,34-35H,1-2H3. The average molecular weight is 567 g/mol. The van der Waals surface area contributed by atoms with Crippen molar-refractivity contribution in [3.63, 3.8) is 0 Å². The monoisotopic (exact) mass is 566 g/mol. The van der Waals surface area contributed by atoms with Gasteiger partial charge in [-0.05, 0) is 43.3 Å². The number of aromatic hydroxyl groups is 3. The first kappa shape index (κ1) is 27.8. The van der Waals surface area contributed by atoms with Gasteiger partial charge in [0.05, 0.1) is 13.2 Å². The number of carbonyl (C=O) groups is 1. The number of aliphatic hydroxyl groups is 2. The van der Waals surface area contributed by atoms with Crippen LogP contribution in [0.4, 0.5) is 0 Å². The number of aliphatic hydroxyl groups excluding tert-OH is 2. The zero-order valence-electron chi connectivity index (χ0n) is 21.8. The van der Waals surface area contributed by atoms with Gasteiger partial charge in [-0.15, -0.1) is 0 Å². The van der Waals surface area contributed by atoms with Gasteiger partial charge in [-0.25, -0.2) is 4.79 Å². The molecule has 12 heteroatoms. The predicted molar refractivity (Wildman–Crippen MR) is 142 cm³/mol. The van der Waals surface area contributed by atoms with Gasteiger partial charge in [0.1, 0.15) is 51.7 Å². The summed E-state index contributed by atoms with van der Waals surface area (Å²) >= 11 is 0. The lowest BCUT2D eigenvalue weighted by molar-refractivity contribution is -0.267. The molecule has 5 rings (SSSR count). The van der Waals surface area contributed by atoms with Crippen molar-refractivity contribution in [3.8, 4) is 40.1 Å². The molecule has 5 atom stereocenters. The van der Waals surface area contributed by atoms with E-state index in [-0.39, 0.29) is 45.1 Å². The van der Waals surface area contributed by atoms with Crippen molar-refractivity contribution >= 4 is 16.9 Å². The molecule has 0 saturated carbocycles. The Morgan fingerprint density at radius 2 is 1.66 bits per heavy atom. The molecule has 1 saturated heterocycles. The third-order valence-corrected chi connectivity index (χ3v) is 6.66. The number of rotatable bonds is 6. The number of carbonyl (C=O) groups excluding carboxylic acids is 1. The summed E-state index contributed by atoms with van der Waals surface area (Å²) in [6, 6.07) is 14.1. The van der Waals surface area contributed by atoms with Crippen LogP contribution in [0.25, 0.3) is 22.3 Å². The van der Waals surface area contributed by atoms with E-state index in [2.05, 4.69) is 0 Å². The number of fused-ring (bicyclic) bond motifs is 1. The van der Waals surface area contributed by atoms with E-state index in [9.17, 15) is 35.1 Å². The fourth-order valence-electron chi connectivity index (χ4n) is 4.50. The Labute approximate surface area is 232 Å². The number of methoxy groups -OCH3 is 1. The minimum atomic E-state index is -1.62. The van der Waals surface area contributed by atoms with Gasteiger partial charge in [0, 0.05) is 17.7 Å². The lowest BCUT2D eigenvalue weighted by Crippen LogP contribution is -2.59. The summed E-state index contributed by atoms with van der Waals surface area (Å²) < 4.78 is 28.0. The first-order valence-corrected chi connectivity index (χ1v) is 12.4. The smallest absolute Gasteiger partial charge is 0.342 e. The zero-order chi connectivity index (χ0) is 29.4. The molecule has 4 aromatic rings. The van der Waals surface area contributed by atoms with Crippen LogP contribution < -0.4 is 14.9 Å². The second-order valence-electron chi connectivity index (χ2n) is 9.35. The van der Waals surface area contributed by atoms with Crippen molar-refractivity contribution in [2.45, 2.75) is 37.6 Å². The lowest BCUT2D eigenvalue weighted by atomic mass is 9.99.